The lowest BCUT2D eigenvalue weighted by Crippen LogP contribution is -2.39. The van der Waals surface area contributed by atoms with Crippen molar-refractivity contribution in [1.29, 1.82) is 0 Å². The van der Waals surface area contributed by atoms with Gasteiger partial charge in [0.15, 0.2) is 6.10 Å². The minimum Gasteiger partial charge on any atom is -0.492 e. The van der Waals surface area contributed by atoms with Crippen molar-refractivity contribution >= 4 is 17.5 Å². The maximum Gasteiger partial charge on any atom is 0.337 e. The van der Waals surface area contributed by atoms with Gasteiger partial charge in [-0.25, -0.2) is 9.78 Å². The second-order valence-corrected chi connectivity index (χ2v) is 12.1. The van der Waals surface area contributed by atoms with Crippen LogP contribution in [0, 0.1) is 12.3 Å². The number of para-hydroxylation sites is 1. The summed E-state index contributed by atoms with van der Waals surface area (Å²) in [5.41, 5.74) is 3.47. The molecule has 1 atom stereocenters. The number of piperidine rings is 1. The van der Waals surface area contributed by atoms with Crippen molar-refractivity contribution in [2.75, 3.05) is 36.5 Å². The van der Waals surface area contributed by atoms with E-state index < -0.39 is 17.7 Å². The molecule has 1 aromatic carbocycles. The van der Waals surface area contributed by atoms with Crippen molar-refractivity contribution < 1.29 is 19.4 Å². The fourth-order valence-corrected chi connectivity index (χ4v) is 4.92. The molecule has 3 heterocycles. The van der Waals surface area contributed by atoms with E-state index in [1.807, 2.05) is 82.6 Å². The summed E-state index contributed by atoms with van der Waals surface area (Å²) in [5, 5.41) is 13.6. The molecule has 0 aliphatic carbocycles. The molecule has 1 aliphatic heterocycles. The molecule has 0 unspecified atom stereocenters. The number of aromatic nitrogens is 2. The SMILES string of the molecule is Cc1ncc(-c2ccc(NCCOc3ccccc3)nc2)c(N2CCC(C)(C)CC2)c1[C@H](OC(C)(C)C)C(=O)O. The fourth-order valence-electron chi connectivity index (χ4n) is 4.92. The summed E-state index contributed by atoms with van der Waals surface area (Å²) >= 11 is 0. The van der Waals surface area contributed by atoms with Gasteiger partial charge in [0, 0.05) is 47.9 Å². The summed E-state index contributed by atoms with van der Waals surface area (Å²) in [7, 11) is 0. The van der Waals surface area contributed by atoms with Crippen LogP contribution in [-0.2, 0) is 9.53 Å². The maximum absolute atomic E-state index is 12.6. The molecule has 0 saturated carbocycles. The lowest BCUT2D eigenvalue weighted by Gasteiger charge is -2.40. The Hall–Kier alpha value is -3.65. The summed E-state index contributed by atoms with van der Waals surface area (Å²) in [4.78, 5) is 24.2. The second kappa shape index (κ2) is 12.3. The van der Waals surface area contributed by atoms with Crippen molar-refractivity contribution in [1.82, 2.24) is 9.97 Å². The van der Waals surface area contributed by atoms with Gasteiger partial charge in [0.25, 0.3) is 0 Å². The van der Waals surface area contributed by atoms with Crippen molar-refractivity contribution in [3.63, 3.8) is 0 Å². The number of hydrogen-bond donors (Lipinski definition) is 2. The Kier molecular flexibility index (Phi) is 8.98. The molecular formula is C32H42N4O4. The highest BCUT2D eigenvalue weighted by Crippen LogP contribution is 2.43. The monoisotopic (exact) mass is 546 g/mol. The molecule has 8 nitrogen and oxygen atoms in total. The number of aliphatic carboxylic acids is 1. The van der Waals surface area contributed by atoms with Crippen LogP contribution in [0.1, 0.15) is 64.8 Å². The average Bonchev–Trinajstić information content (AvgIpc) is 2.90. The van der Waals surface area contributed by atoms with Crippen LogP contribution in [0.25, 0.3) is 11.1 Å². The predicted octanol–water partition coefficient (Wildman–Crippen LogP) is 6.51. The largest absolute Gasteiger partial charge is 0.492 e. The zero-order valence-electron chi connectivity index (χ0n) is 24.5. The number of benzene rings is 1. The molecule has 0 bridgehead atoms. The van der Waals surface area contributed by atoms with E-state index in [1.165, 1.54) is 0 Å². The van der Waals surface area contributed by atoms with E-state index in [2.05, 4.69) is 34.0 Å². The third-order valence-corrected chi connectivity index (χ3v) is 7.17. The first-order chi connectivity index (χ1) is 18.9. The quantitative estimate of drug-likeness (QED) is 0.278. The van der Waals surface area contributed by atoms with Gasteiger partial charge in [-0.1, -0.05) is 32.0 Å². The Morgan fingerprint density at radius 3 is 2.38 bits per heavy atom. The highest BCUT2D eigenvalue weighted by atomic mass is 16.5. The number of nitrogens with zero attached hydrogens (tertiary/aromatic N) is 3. The van der Waals surface area contributed by atoms with Crippen LogP contribution in [0.5, 0.6) is 5.75 Å². The molecule has 3 aromatic rings. The molecule has 2 N–H and O–H groups in total. The van der Waals surface area contributed by atoms with Gasteiger partial charge in [-0.15, -0.1) is 0 Å². The fraction of sp³-hybridized carbons (Fsp3) is 0.469. The number of rotatable bonds is 10. The minimum absolute atomic E-state index is 0.242. The maximum atomic E-state index is 12.6. The van der Waals surface area contributed by atoms with Gasteiger partial charge in [-0.3, -0.25) is 4.98 Å². The lowest BCUT2D eigenvalue weighted by atomic mass is 9.82. The normalized spacial score (nSPS) is 15.9. The van der Waals surface area contributed by atoms with Crippen molar-refractivity contribution in [3.8, 4) is 16.9 Å². The Bertz CT molecular complexity index is 1280. The molecule has 2 aromatic heterocycles. The zero-order chi connectivity index (χ0) is 28.9. The van der Waals surface area contributed by atoms with Gasteiger partial charge >= 0.3 is 5.97 Å². The predicted molar refractivity (Wildman–Crippen MR) is 159 cm³/mol. The van der Waals surface area contributed by atoms with Crippen LogP contribution >= 0.6 is 0 Å². The average molecular weight is 547 g/mol. The number of carboxylic acids is 1. The van der Waals surface area contributed by atoms with Crippen LogP contribution in [0.2, 0.25) is 0 Å². The number of nitrogens with one attached hydrogen (secondary N) is 1. The molecule has 1 saturated heterocycles. The van der Waals surface area contributed by atoms with Crippen LogP contribution in [-0.4, -0.2) is 52.9 Å². The summed E-state index contributed by atoms with van der Waals surface area (Å²) in [6.07, 6.45) is 4.53. The highest BCUT2D eigenvalue weighted by Gasteiger charge is 2.35. The number of carbonyl (C=O) groups is 1. The molecule has 214 valence electrons. The Balaban J connectivity index is 1.63. The molecule has 8 heteroatoms. The van der Waals surface area contributed by atoms with Gasteiger partial charge in [0.2, 0.25) is 0 Å². The molecule has 40 heavy (non-hydrogen) atoms. The summed E-state index contributed by atoms with van der Waals surface area (Å²) in [5.74, 6) is 0.548. The van der Waals surface area contributed by atoms with E-state index in [1.54, 1.807) is 0 Å². The van der Waals surface area contributed by atoms with E-state index in [4.69, 9.17) is 9.47 Å². The zero-order valence-corrected chi connectivity index (χ0v) is 24.5. The van der Waals surface area contributed by atoms with Crippen LogP contribution < -0.4 is 15.0 Å². The number of ether oxygens (including phenoxy) is 2. The summed E-state index contributed by atoms with van der Waals surface area (Å²) in [6, 6.07) is 13.6. The standard InChI is InChI=1S/C32H42N4O4/c1-22-27(29(30(37)38)40-31(2,3)4)28(36-17-14-32(5,6)15-18-36)25(21-34-22)23-12-13-26(35-20-23)33-16-19-39-24-10-8-7-9-11-24/h7-13,20-21,29H,14-19H2,1-6H3,(H,33,35)(H,37,38)/t29-/m0/s1. The second-order valence-electron chi connectivity index (χ2n) is 12.1. The number of aryl methyl sites for hydroxylation is 1. The van der Waals surface area contributed by atoms with Crippen molar-refractivity contribution in [2.24, 2.45) is 5.41 Å². The first-order valence-electron chi connectivity index (χ1n) is 14.0. The van der Waals surface area contributed by atoms with Crippen LogP contribution in [0.4, 0.5) is 11.5 Å². The Morgan fingerprint density at radius 2 is 1.77 bits per heavy atom. The van der Waals surface area contributed by atoms with Crippen molar-refractivity contribution in [3.05, 3.63) is 66.1 Å². The molecule has 1 aliphatic rings. The molecular weight excluding hydrogens is 504 g/mol. The van der Waals surface area contributed by atoms with Gasteiger partial charge in [0.1, 0.15) is 18.2 Å². The van der Waals surface area contributed by atoms with Gasteiger partial charge < -0.3 is 24.8 Å². The van der Waals surface area contributed by atoms with E-state index in [-0.39, 0.29) is 5.41 Å². The van der Waals surface area contributed by atoms with E-state index in [9.17, 15) is 9.90 Å². The summed E-state index contributed by atoms with van der Waals surface area (Å²) in [6.45, 7) is 14.8. The van der Waals surface area contributed by atoms with E-state index >= 15 is 0 Å². The number of pyridine rings is 2. The first kappa shape index (κ1) is 29.3. The topological polar surface area (TPSA) is 96.8 Å². The molecule has 0 spiro atoms. The lowest BCUT2D eigenvalue weighted by molar-refractivity contribution is -0.160. The van der Waals surface area contributed by atoms with E-state index in [0.29, 0.717) is 24.4 Å². The van der Waals surface area contributed by atoms with Crippen LogP contribution in [0.3, 0.4) is 0 Å². The molecule has 0 amide bonds. The molecule has 0 radical (unpaired) electrons. The third-order valence-electron chi connectivity index (χ3n) is 7.17. The smallest absolute Gasteiger partial charge is 0.337 e. The molecule has 1 fully saturated rings. The minimum atomic E-state index is -1.14. The van der Waals surface area contributed by atoms with Gasteiger partial charge in [-0.2, -0.15) is 0 Å². The summed E-state index contributed by atoms with van der Waals surface area (Å²) < 4.78 is 11.9. The van der Waals surface area contributed by atoms with Crippen molar-refractivity contribution in [2.45, 2.75) is 66.1 Å². The first-order valence-corrected chi connectivity index (χ1v) is 14.0. The van der Waals surface area contributed by atoms with Gasteiger partial charge in [-0.05, 0) is 70.2 Å². The Morgan fingerprint density at radius 1 is 1.07 bits per heavy atom. The van der Waals surface area contributed by atoms with Crippen LogP contribution in [0.15, 0.2) is 54.9 Å². The number of hydrogen-bond acceptors (Lipinski definition) is 7. The van der Waals surface area contributed by atoms with E-state index in [0.717, 1.165) is 54.3 Å². The Labute approximate surface area is 237 Å². The molecule has 4 rings (SSSR count). The number of carboxylic acid groups (broad SMARTS) is 1. The number of anilines is 2. The van der Waals surface area contributed by atoms with Gasteiger partial charge in [0.05, 0.1) is 17.8 Å². The highest BCUT2D eigenvalue weighted by molar-refractivity contribution is 5.86. The third kappa shape index (κ3) is 7.50.